The molecule has 2 aromatic carbocycles. The number of guanidine groups is 1. The van der Waals surface area contributed by atoms with Crippen LogP contribution in [0.15, 0.2) is 53.5 Å². The highest BCUT2D eigenvalue weighted by molar-refractivity contribution is 14.0. The lowest BCUT2D eigenvalue weighted by atomic mass is 10.1. The topological polar surface area (TPSA) is 74.8 Å². The van der Waals surface area contributed by atoms with Gasteiger partial charge in [-0.15, -0.1) is 24.0 Å². The minimum atomic E-state index is -4.32. The van der Waals surface area contributed by atoms with E-state index in [2.05, 4.69) is 25.7 Å². The fourth-order valence-corrected chi connectivity index (χ4v) is 2.60. The summed E-state index contributed by atoms with van der Waals surface area (Å²) < 4.78 is 41.0. The number of carbonyl (C=O) groups is 1. The molecule has 0 aliphatic rings. The number of nitrogens with one attached hydrogen (secondary N) is 3. The third kappa shape index (κ3) is 10.0. The van der Waals surface area contributed by atoms with Crippen LogP contribution in [0.25, 0.3) is 0 Å². The second-order valence-electron chi connectivity index (χ2n) is 6.48. The van der Waals surface area contributed by atoms with E-state index in [0.29, 0.717) is 30.2 Å². The minimum Gasteiger partial charge on any atom is -0.367 e. The molecular formula is C21H26F3IN4O2. The predicted octanol–water partition coefficient (Wildman–Crippen LogP) is 3.61. The number of rotatable bonds is 8. The summed E-state index contributed by atoms with van der Waals surface area (Å²) in [6, 6.07) is 14.4. The largest absolute Gasteiger partial charge is 0.411 e. The lowest BCUT2D eigenvalue weighted by Crippen LogP contribution is -2.36. The molecule has 0 heterocycles. The van der Waals surface area contributed by atoms with Crippen molar-refractivity contribution in [3.63, 3.8) is 0 Å². The van der Waals surface area contributed by atoms with Crippen molar-refractivity contribution in [1.29, 1.82) is 0 Å². The third-order valence-corrected chi connectivity index (χ3v) is 4.12. The number of hydrogen-bond donors (Lipinski definition) is 3. The summed E-state index contributed by atoms with van der Waals surface area (Å²) in [6.45, 7) is -0.377. The Bertz CT molecular complexity index is 858. The molecule has 170 valence electrons. The molecule has 0 aliphatic heterocycles. The van der Waals surface area contributed by atoms with Crippen molar-refractivity contribution in [1.82, 2.24) is 16.0 Å². The van der Waals surface area contributed by atoms with E-state index in [1.165, 1.54) is 0 Å². The first kappa shape index (κ1) is 26.7. The number of carbonyl (C=O) groups excluding carboxylic acids is 1. The molecule has 0 saturated carbocycles. The monoisotopic (exact) mass is 550 g/mol. The van der Waals surface area contributed by atoms with Crippen molar-refractivity contribution in [3.8, 4) is 0 Å². The van der Waals surface area contributed by atoms with Gasteiger partial charge in [0.2, 0.25) is 0 Å². The number of amides is 1. The van der Waals surface area contributed by atoms with Gasteiger partial charge in [0, 0.05) is 32.7 Å². The first-order valence-corrected chi connectivity index (χ1v) is 9.28. The van der Waals surface area contributed by atoms with Gasteiger partial charge in [-0.2, -0.15) is 13.2 Å². The number of ether oxygens (including phenoxy) is 1. The molecule has 10 heteroatoms. The fourth-order valence-electron chi connectivity index (χ4n) is 2.60. The van der Waals surface area contributed by atoms with Crippen molar-refractivity contribution >= 4 is 35.8 Å². The van der Waals surface area contributed by atoms with Gasteiger partial charge in [-0.3, -0.25) is 9.79 Å². The molecule has 0 fully saturated rings. The molecular weight excluding hydrogens is 524 g/mol. The quantitative estimate of drug-likeness (QED) is 0.267. The van der Waals surface area contributed by atoms with Crippen LogP contribution in [-0.4, -0.2) is 38.7 Å². The average molecular weight is 550 g/mol. The molecule has 0 radical (unpaired) electrons. The number of hydrogen-bond acceptors (Lipinski definition) is 3. The first-order chi connectivity index (χ1) is 14.3. The molecule has 0 unspecified atom stereocenters. The summed E-state index contributed by atoms with van der Waals surface area (Å²) in [4.78, 5) is 15.9. The van der Waals surface area contributed by atoms with Gasteiger partial charge in [-0.05, 0) is 28.8 Å². The van der Waals surface area contributed by atoms with E-state index >= 15 is 0 Å². The van der Waals surface area contributed by atoms with Crippen LogP contribution in [0.1, 0.15) is 27.0 Å². The molecule has 0 atom stereocenters. The Labute approximate surface area is 196 Å². The summed E-state index contributed by atoms with van der Waals surface area (Å²) in [7, 11) is 3.23. The van der Waals surface area contributed by atoms with Crippen molar-refractivity contribution in [2.75, 3.05) is 20.7 Å². The van der Waals surface area contributed by atoms with Crippen molar-refractivity contribution < 1.29 is 22.7 Å². The second kappa shape index (κ2) is 13.2. The van der Waals surface area contributed by atoms with Gasteiger partial charge in [0.15, 0.2) is 5.96 Å². The molecule has 0 aromatic heterocycles. The van der Waals surface area contributed by atoms with Gasteiger partial charge in [-0.25, -0.2) is 0 Å². The predicted molar refractivity (Wildman–Crippen MR) is 124 cm³/mol. The van der Waals surface area contributed by atoms with E-state index in [1.807, 2.05) is 24.3 Å². The number of alkyl halides is 3. The van der Waals surface area contributed by atoms with E-state index in [0.717, 1.165) is 11.1 Å². The molecule has 3 N–H and O–H groups in total. The Balaban J connectivity index is 0.00000480. The lowest BCUT2D eigenvalue weighted by molar-refractivity contribution is -0.176. The standard InChI is InChI=1S/C21H25F3N4O2.HI/c1-25-19(29)18-5-3-4-17(10-18)12-28-20(26-2)27-11-15-6-8-16(9-7-15)13-30-14-21(22,23)24;/h3-10H,11-14H2,1-2H3,(H,25,29)(H2,26,27,28);1H. The summed E-state index contributed by atoms with van der Waals surface area (Å²) in [5.74, 6) is 0.435. The van der Waals surface area contributed by atoms with E-state index in [4.69, 9.17) is 0 Å². The highest BCUT2D eigenvalue weighted by Crippen LogP contribution is 2.15. The maximum Gasteiger partial charge on any atom is 0.411 e. The Morgan fingerprint density at radius 3 is 2.19 bits per heavy atom. The lowest BCUT2D eigenvalue weighted by Gasteiger charge is -2.13. The van der Waals surface area contributed by atoms with Crippen LogP contribution in [0.2, 0.25) is 0 Å². The molecule has 0 aliphatic carbocycles. The van der Waals surface area contributed by atoms with Gasteiger partial charge < -0.3 is 20.7 Å². The first-order valence-electron chi connectivity index (χ1n) is 9.28. The van der Waals surface area contributed by atoms with E-state index < -0.39 is 12.8 Å². The Kier molecular flexibility index (Phi) is 11.3. The normalized spacial score (nSPS) is 11.5. The zero-order chi connectivity index (χ0) is 22.0. The zero-order valence-electron chi connectivity index (χ0n) is 17.3. The highest BCUT2D eigenvalue weighted by Gasteiger charge is 2.27. The van der Waals surface area contributed by atoms with Crippen molar-refractivity contribution in [3.05, 3.63) is 70.8 Å². The van der Waals surface area contributed by atoms with Crippen LogP contribution >= 0.6 is 24.0 Å². The van der Waals surface area contributed by atoms with E-state index in [-0.39, 0.29) is 36.5 Å². The fraction of sp³-hybridized carbons (Fsp3) is 0.333. The molecule has 6 nitrogen and oxygen atoms in total. The smallest absolute Gasteiger partial charge is 0.367 e. The van der Waals surface area contributed by atoms with Crippen molar-refractivity contribution in [2.45, 2.75) is 25.9 Å². The van der Waals surface area contributed by atoms with Gasteiger partial charge >= 0.3 is 6.18 Å². The number of halogens is 4. The van der Waals surface area contributed by atoms with E-state index in [9.17, 15) is 18.0 Å². The molecule has 31 heavy (non-hydrogen) atoms. The molecule has 0 saturated heterocycles. The third-order valence-electron chi connectivity index (χ3n) is 4.12. The maximum atomic E-state index is 12.1. The molecule has 0 bridgehead atoms. The van der Waals surface area contributed by atoms with Gasteiger partial charge in [-0.1, -0.05) is 36.4 Å². The summed E-state index contributed by atoms with van der Waals surface area (Å²) in [6.07, 6.45) is -4.32. The zero-order valence-corrected chi connectivity index (χ0v) is 19.6. The van der Waals surface area contributed by atoms with Crippen molar-refractivity contribution in [2.24, 2.45) is 4.99 Å². The summed E-state index contributed by atoms with van der Waals surface area (Å²) >= 11 is 0. The maximum absolute atomic E-state index is 12.1. The van der Waals surface area contributed by atoms with Gasteiger partial charge in [0.25, 0.3) is 5.91 Å². The Morgan fingerprint density at radius 1 is 1.00 bits per heavy atom. The van der Waals surface area contributed by atoms with Gasteiger partial charge in [0.05, 0.1) is 6.61 Å². The Morgan fingerprint density at radius 2 is 1.61 bits per heavy atom. The number of benzene rings is 2. The van der Waals surface area contributed by atoms with E-state index in [1.54, 1.807) is 38.4 Å². The molecule has 1 amide bonds. The van der Waals surface area contributed by atoms with Gasteiger partial charge in [0.1, 0.15) is 6.61 Å². The second-order valence-corrected chi connectivity index (χ2v) is 6.48. The number of aliphatic imine (C=N–C) groups is 1. The highest BCUT2D eigenvalue weighted by atomic mass is 127. The van der Waals surface area contributed by atoms with Crippen LogP contribution in [0.5, 0.6) is 0 Å². The van der Waals surface area contributed by atoms with Crippen LogP contribution in [0, 0.1) is 0 Å². The SMILES string of the molecule is CN=C(NCc1ccc(COCC(F)(F)F)cc1)NCc1cccc(C(=O)NC)c1.I. The van der Waals surface area contributed by atoms with Crippen LogP contribution in [-0.2, 0) is 24.4 Å². The Hall–Kier alpha value is -2.34. The van der Waals surface area contributed by atoms with Crippen LogP contribution in [0.4, 0.5) is 13.2 Å². The molecule has 0 spiro atoms. The van der Waals surface area contributed by atoms with Crippen LogP contribution < -0.4 is 16.0 Å². The summed E-state index contributed by atoms with van der Waals surface area (Å²) in [5.41, 5.74) is 3.13. The average Bonchev–Trinajstić information content (AvgIpc) is 2.73. The summed E-state index contributed by atoms with van der Waals surface area (Å²) in [5, 5.41) is 8.93. The number of nitrogens with zero attached hydrogens (tertiary/aromatic N) is 1. The minimum absolute atomic E-state index is 0. The van der Waals surface area contributed by atoms with Crippen LogP contribution in [0.3, 0.4) is 0 Å². The molecule has 2 rings (SSSR count). The molecule has 2 aromatic rings.